The molecular formula is C14H19NaO3. The van der Waals surface area contributed by atoms with Crippen molar-refractivity contribution < 1.29 is 44.2 Å². The molecule has 1 N–H and O–H groups in total. The van der Waals surface area contributed by atoms with Crippen molar-refractivity contribution in [3.63, 3.8) is 0 Å². The van der Waals surface area contributed by atoms with Crippen molar-refractivity contribution >= 4 is 11.0 Å². The third-order valence-corrected chi connectivity index (χ3v) is 2.48. The van der Waals surface area contributed by atoms with Crippen LogP contribution in [0, 0.1) is 5.41 Å². The molecule has 2 aromatic rings. The minimum atomic E-state index is 0. The second-order valence-corrected chi connectivity index (χ2v) is 5.33. The second kappa shape index (κ2) is 6.62. The summed E-state index contributed by atoms with van der Waals surface area (Å²) < 4.78 is 11.1. The van der Waals surface area contributed by atoms with E-state index in [1.165, 1.54) is 0 Å². The zero-order chi connectivity index (χ0) is 11.8. The number of rotatable bonds is 2. The van der Waals surface area contributed by atoms with E-state index < -0.39 is 0 Å². The zero-order valence-electron chi connectivity index (χ0n) is 11.8. The number of para-hydroxylation sites is 1. The first-order chi connectivity index (χ1) is 7.49. The Morgan fingerprint density at radius 3 is 2.44 bits per heavy atom. The summed E-state index contributed by atoms with van der Waals surface area (Å²) in [6, 6.07) is 8.06. The molecule has 0 unspecified atom stereocenters. The van der Waals surface area contributed by atoms with Crippen LogP contribution in [0.3, 0.4) is 0 Å². The molecule has 18 heavy (non-hydrogen) atoms. The average molecular weight is 258 g/mol. The van der Waals surface area contributed by atoms with E-state index in [2.05, 4.69) is 26.8 Å². The second-order valence-electron chi connectivity index (χ2n) is 5.33. The predicted octanol–water partition coefficient (Wildman–Crippen LogP) is 0.857. The number of furan rings is 1. The fraction of sp³-hybridized carbons (Fsp3) is 0.429. The van der Waals surface area contributed by atoms with Crippen LogP contribution in [-0.4, -0.2) is 12.6 Å². The maximum atomic E-state index is 5.84. The molecule has 0 saturated carbocycles. The fourth-order valence-electron chi connectivity index (χ4n) is 1.86. The molecule has 1 heterocycles. The first-order valence-electron chi connectivity index (χ1n) is 5.55. The van der Waals surface area contributed by atoms with Gasteiger partial charge in [-0.3, -0.25) is 0 Å². The molecule has 1 aromatic heterocycles. The number of hydrogen-bond donors (Lipinski definition) is 0. The maximum Gasteiger partial charge on any atom is 1.00 e. The van der Waals surface area contributed by atoms with Crippen molar-refractivity contribution in [2.45, 2.75) is 27.2 Å². The minimum Gasteiger partial charge on any atom is -0.870 e. The summed E-state index contributed by atoms with van der Waals surface area (Å²) in [6.45, 7) is 6.62. The van der Waals surface area contributed by atoms with Gasteiger partial charge in [-0.1, -0.05) is 32.9 Å². The van der Waals surface area contributed by atoms with E-state index in [-0.39, 0.29) is 40.4 Å². The smallest absolute Gasteiger partial charge is 0.870 e. The van der Waals surface area contributed by atoms with E-state index in [0.717, 1.165) is 28.9 Å². The van der Waals surface area contributed by atoms with Gasteiger partial charge in [-0.05, 0) is 17.5 Å². The van der Waals surface area contributed by atoms with Crippen LogP contribution in [0.15, 0.2) is 28.7 Å². The number of benzene rings is 1. The summed E-state index contributed by atoms with van der Waals surface area (Å²) in [5, 5.41) is 1.11. The van der Waals surface area contributed by atoms with Crippen LogP contribution >= 0.6 is 0 Å². The van der Waals surface area contributed by atoms with Crippen LogP contribution in [0.1, 0.15) is 26.5 Å². The van der Waals surface area contributed by atoms with Gasteiger partial charge >= 0.3 is 29.6 Å². The number of ether oxygens (including phenoxy) is 1. The van der Waals surface area contributed by atoms with Crippen molar-refractivity contribution in [1.29, 1.82) is 0 Å². The van der Waals surface area contributed by atoms with Gasteiger partial charge in [-0.25, -0.2) is 0 Å². The van der Waals surface area contributed by atoms with Crippen LogP contribution in [0.5, 0.6) is 5.75 Å². The van der Waals surface area contributed by atoms with Crippen LogP contribution in [0.2, 0.25) is 0 Å². The largest absolute Gasteiger partial charge is 1.00 e. The van der Waals surface area contributed by atoms with Gasteiger partial charge in [-0.15, -0.1) is 0 Å². The molecule has 0 amide bonds. The van der Waals surface area contributed by atoms with E-state index in [1.54, 1.807) is 7.11 Å². The quantitative estimate of drug-likeness (QED) is 0.751. The van der Waals surface area contributed by atoms with Crippen LogP contribution < -0.4 is 34.3 Å². The maximum absolute atomic E-state index is 5.84. The molecule has 0 saturated heterocycles. The zero-order valence-corrected chi connectivity index (χ0v) is 13.8. The molecule has 0 aliphatic carbocycles. The monoisotopic (exact) mass is 258 g/mol. The Bertz CT molecular complexity index is 497. The molecule has 0 aliphatic heterocycles. The Morgan fingerprint density at radius 2 is 1.89 bits per heavy atom. The molecule has 0 spiro atoms. The number of hydrogen-bond acceptors (Lipinski definition) is 3. The van der Waals surface area contributed by atoms with Gasteiger partial charge in [0.1, 0.15) is 5.76 Å². The van der Waals surface area contributed by atoms with Gasteiger partial charge in [0, 0.05) is 11.8 Å². The molecule has 4 heteroatoms. The van der Waals surface area contributed by atoms with E-state index in [1.807, 2.05) is 18.2 Å². The van der Waals surface area contributed by atoms with Crippen molar-refractivity contribution in [1.82, 2.24) is 0 Å². The van der Waals surface area contributed by atoms with Gasteiger partial charge in [0.25, 0.3) is 0 Å². The summed E-state index contributed by atoms with van der Waals surface area (Å²) in [4.78, 5) is 0. The summed E-state index contributed by atoms with van der Waals surface area (Å²) in [7, 11) is 1.67. The van der Waals surface area contributed by atoms with Crippen LogP contribution in [0.25, 0.3) is 11.0 Å². The summed E-state index contributed by atoms with van der Waals surface area (Å²) in [6.07, 6.45) is 0.935. The molecular weight excluding hydrogens is 239 g/mol. The molecule has 3 nitrogen and oxygen atoms in total. The molecule has 0 fully saturated rings. The summed E-state index contributed by atoms with van der Waals surface area (Å²) >= 11 is 0. The van der Waals surface area contributed by atoms with E-state index in [0.29, 0.717) is 0 Å². The topological polar surface area (TPSA) is 52.4 Å². The molecule has 0 radical (unpaired) electrons. The van der Waals surface area contributed by atoms with Gasteiger partial charge in [0.2, 0.25) is 0 Å². The molecule has 94 valence electrons. The molecule has 0 bridgehead atoms. The summed E-state index contributed by atoms with van der Waals surface area (Å²) in [5.74, 6) is 1.82. The van der Waals surface area contributed by atoms with Gasteiger partial charge in [0.15, 0.2) is 11.3 Å². The Morgan fingerprint density at radius 1 is 1.22 bits per heavy atom. The molecule has 1 aromatic carbocycles. The van der Waals surface area contributed by atoms with Crippen LogP contribution in [-0.2, 0) is 6.42 Å². The third kappa shape index (κ3) is 4.02. The van der Waals surface area contributed by atoms with Gasteiger partial charge in [0.05, 0.1) is 7.11 Å². The van der Waals surface area contributed by atoms with Crippen molar-refractivity contribution in [3.8, 4) is 5.75 Å². The van der Waals surface area contributed by atoms with Gasteiger partial charge in [-0.2, -0.15) is 0 Å². The fourth-order valence-corrected chi connectivity index (χ4v) is 1.86. The average Bonchev–Trinajstić information content (AvgIpc) is 2.56. The molecule has 2 rings (SSSR count). The summed E-state index contributed by atoms with van der Waals surface area (Å²) in [5.41, 5.74) is 1.09. The Kier molecular flexibility index (Phi) is 6.44. The number of methoxy groups -OCH3 is 1. The first kappa shape index (κ1) is 17.5. The van der Waals surface area contributed by atoms with E-state index in [4.69, 9.17) is 9.15 Å². The normalized spacial score (nSPS) is 10.7. The Hall–Kier alpha value is -0.480. The number of fused-ring (bicyclic) bond motifs is 1. The van der Waals surface area contributed by atoms with E-state index >= 15 is 0 Å². The van der Waals surface area contributed by atoms with Crippen molar-refractivity contribution in [2.24, 2.45) is 5.41 Å². The van der Waals surface area contributed by atoms with Gasteiger partial charge < -0.3 is 14.6 Å². The molecule has 0 atom stereocenters. The molecule has 0 aliphatic rings. The van der Waals surface area contributed by atoms with Crippen molar-refractivity contribution in [2.75, 3.05) is 7.11 Å². The standard InChI is InChI=1S/C14H18O2.Na.H2O/c1-14(2,3)9-11-8-10-6-5-7-12(15-4)13(10)16-11;;/h5-8H,9H2,1-4H3;;1H2/q;+1;/p-1. The Labute approximate surface area is 130 Å². The minimum absolute atomic E-state index is 0. The van der Waals surface area contributed by atoms with Crippen molar-refractivity contribution in [3.05, 3.63) is 30.0 Å². The Balaban J connectivity index is 0.00000144. The SMILES string of the molecule is COc1cccc2cc(CC(C)(C)C)oc12.[Na+].[OH-]. The predicted molar refractivity (Wildman–Crippen MR) is 67.9 cm³/mol. The van der Waals surface area contributed by atoms with E-state index in [9.17, 15) is 0 Å². The van der Waals surface area contributed by atoms with Crippen LogP contribution in [0.4, 0.5) is 0 Å². The first-order valence-corrected chi connectivity index (χ1v) is 5.55. The third-order valence-electron chi connectivity index (χ3n) is 2.48.